The minimum atomic E-state index is -0.665. The molecule has 0 aliphatic carbocycles. The van der Waals surface area contributed by atoms with Gasteiger partial charge in [-0.3, -0.25) is 9.59 Å². The minimum Gasteiger partial charge on any atom is -0.398 e. The summed E-state index contributed by atoms with van der Waals surface area (Å²) in [6.07, 6.45) is 0. The number of ether oxygens (including phenoxy) is 1. The Bertz CT molecular complexity index is 530. The number of carbonyl (C=O) groups is 2. The monoisotopic (exact) mass is 311 g/mol. The molecule has 6 nitrogen and oxygen atoms in total. The summed E-state index contributed by atoms with van der Waals surface area (Å²) in [7, 11) is 0. The van der Waals surface area contributed by atoms with E-state index in [1.54, 1.807) is 18.2 Å². The largest absolute Gasteiger partial charge is 0.398 e. The van der Waals surface area contributed by atoms with Crippen molar-refractivity contribution in [2.75, 3.05) is 32.0 Å². The van der Waals surface area contributed by atoms with Gasteiger partial charge in [0.1, 0.15) is 6.04 Å². The summed E-state index contributed by atoms with van der Waals surface area (Å²) in [5.74, 6) is -0.589. The zero-order valence-corrected chi connectivity index (χ0v) is 12.5. The average molecular weight is 312 g/mol. The lowest BCUT2D eigenvalue weighted by molar-refractivity contribution is -0.130. The number of hydrogen-bond donors (Lipinski definition) is 2. The second-order valence-electron chi connectivity index (χ2n) is 4.69. The highest BCUT2D eigenvalue weighted by atomic mass is 35.5. The van der Waals surface area contributed by atoms with Crippen LogP contribution in [0.25, 0.3) is 0 Å². The molecule has 1 heterocycles. The molecule has 1 aliphatic heterocycles. The third-order valence-electron chi connectivity index (χ3n) is 3.30. The lowest BCUT2D eigenvalue weighted by Crippen LogP contribution is -2.56. The zero-order chi connectivity index (χ0) is 15.4. The molecule has 2 amide bonds. The van der Waals surface area contributed by atoms with Crippen molar-refractivity contribution >= 4 is 29.1 Å². The molecule has 7 heteroatoms. The number of benzene rings is 1. The van der Waals surface area contributed by atoms with Crippen LogP contribution in [0.1, 0.15) is 17.3 Å². The van der Waals surface area contributed by atoms with Gasteiger partial charge in [-0.25, -0.2) is 0 Å². The number of likely N-dealkylation sites (N-methyl/N-ethyl adjacent to an activating group) is 1. The van der Waals surface area contributed by atoms with E-state index in [0.29, 0.717) is 25.4 Å². The van der Waals surface area contributed by atoms with E-state index in [2.05, 4.69) is 5.32 Å². The van der Waals surface area contributed by atoms with Crippen LogP contribution in [-0.2, 0) is 9.53 Å². The van der Waals surface area contributed by atoms with E-state index in [-0.39, 0.29) is 29.0 Å². The van der Waals surface area contributed by atoms with Crippen LogP contribution in [0, 0.1) is 0 Å². The van der Waals surface area contributed by atoms with Gasteiger partial charge in [-0.15, -0.1) is 0 Å². The van der Waals surface area contributed by atoms with Gasteiger partial charge in [0, 0.05) is 18.8 Å². The van der Waals surface area contributed by atoms with Gasteiger partial charge in [-0.2, -0.15) is 0 Å². The number of nitrogens with zero attached hydrogens (tertiary/aromatic N) is 1. The summed E-state index contributed by atoms with van der Waals surface area (Å²) >= 11 is 6.07. The predicted molar refractivity (Wildman–Crippen MR) is 80.2 cm³/mol. The number of hydrogen-bond acceptors (Lipinski definition) is 4. The fourth-order valence-corrected chi connectivity index (χ4v) is 2.53. The summed E-state index contributed by atoms with van der Waals surface area (Å²) in [6.45, 7) is 3.19. The van der Waals surface area contributed by atoms with Crippen molar-refractivity contribution in [3.05, 3.63) is 28.8 Å². The molecule has 1 fully saturated rings. The SMILES string of the molecule is CCNC(=O)C1COCCN1C(=O)c1c(N)cccc1Cl. The Morgan fingerprint density at radius 2 is 2.29 bits per heavy atom. The summed E-state index contributed by atoms with van der Waals surface area (Å²) in [4.78, 5) is 26.2. The third-order valence-corrected chi connectivity index (χ3v) is 3.62. The number of nitrogens with two attached hydrogens (primary N) is 1. The van der Waals surface area contributed by atoms with Crippen molar-refractivity contribution in [3.8, 4) is 0 Å². The number of halogens is 1. The van der Waals surface area contributed by atoms with Gasteiger partial charge in [0.05, 0.1) is 23.8 Å². The maximum atomic E-state index is 12.7. The predicted octanol–water partition coefficient (Wildman–Crippen LogP) is 0.899. The van der Waals surface area contributed by atoms with Crippen molar-refractivity contribution < 1.29 is 14.3 Å². The molecule has 0 bridgehead atoms. The van der Waals surface area contributed by atoms with Crippen molar-refractivity contribution in [2.24, 2.45) is 0 Å². The summed E-state index contributed by atoms with van der Waals surface area (Å²) in [5.41, 5.74) is 6.38. The van der Waals surface area contributed by atoms with Gasteiger partial charge in [0.25, 0.3) is 5.91 Å². The first-order valence-corrected chi connectivity index (χ1v) is 7.14. The van der Waals surface area contributed by atoms with Gasteiger partial charge in [0.15, 0.2) is 0 Å². The van der Waals surface area contributed by atoms with E-state index < -0.39 is 6.04 Å². The van der Waals surface area contributed by atoms with Crippen LogP contribution in [0.3, 0.4) is 0 Å². The summed E-state index contributed by atoms with van der Waals surface area (Å²) in [6, 6.07) is 4.23. The van der Waals surface area contributed by atoms with Crippen LogP contribution in [0.4, 0.5) is 5.69 Å². The molecule has 1 aromatic rings. The molecule has 21 heavy (non-hydrogen) atoms. The molecule has 1 aliphatic rings. The molecule has 3 N–H and O–H groups in total. The Morgan fingerprint density at radius 1 is 1.52 bits per heavy atom. The highest BCUT2D eigenvalue weighted by Gasteiger charge is 2.34. The van der Waals surface area contributed by atoms with Gasteiger partial charge in [-0.1, -0.05) is 17.7 Å². The highest BCUT2D eigenvalue weighted by Crippen LogP contribution is 2.25. The maximum Gasteiger partial charge on any atom is 0.258 e. The molecule has 1 atom stereocenters. The number of carbonyl (C=O) groups excluding carboxylic acids is 2. The van der Waals surface area contributed by atoms with Gasteiger partial charge < -0.3 is 20.7 Å². The number of rotatable bonds is 3. The van der Waals surface area contributed by atoms with Crippen LogP contribution >= 0.6 is 11.6 Å². The average Bonchev–Trinajstić information content (AvgIpc) is 2.47. The van der Waals surface area contributed by atoms with E-state index in [4.69, 9.17) is 22.1 Å². The van der Waals surface area contributed by atoms with E-state index >= 15 is 0 Å². The molecule has 0 saturated carbocycles. The van der Waals surface area contributed by atoms with Crippen molar-refractivity contribution in [3.63, 3.8) is 0 Å². The van der Waals surface area contributed by atoms with Crippen LogP contribution in [0.15, 0.2) is 18.2 Å². The molecule has 0 radical (unpaired) electrons. The highest BCUT2D eigenvalue weighted by molar-refractivity contribution is 6.34. The summed E-state index contributed by atoms with van der Waals surface area (Å²) in [5, 5.41) is 2.98. The summed E-state index contributed by atoms with van der Waals surface area (Å²) < 4.78 is 5.31. The topological polar surface area (TPSA) is 84.7 Å². The Morgan fingerprint density at radius 3 is 2.95 bits per heavy atom. The molecule has 114 valence electrons. The Hall–Kier alpha value is -1.79. The van der Waals surface area contributed by atoms with Crippen LogP contribution in [0.2, 0.25) is 5.02 Å². The number of anilines is 1. The number of morpholine rings is 1. The first kappa shape index (κ1) is 15.6. The first-order chi connectivity index (χ1) is 10.1. The Labute approximate surface area is 128 Å². The zero-order valence-electron chi connectivity index (χ0n) is 11.8. The fourth-order valence-electron chi connectivity index (χ4n) is 2.27. The smallest absolute Gasteiger partial charge is 0.258 e. The van der Waals surface area contributed by atoms with Gasteiger partial charge in [-0.05, 0) is 19.1 Å². The van der Waals surface area contributed by atoms with Crippen LogP contribution in [0.5, 0.6) is 0 Å². The second-order valence-corrected chi connectivity index (χ2v) is 5.10. The quantitative estimate of drug-likeness (QED) is 0.812. The molecule has 1 saturated heterocycles. The standard InChI is InChI=1S/C14H18ClN3O3/c1-2-17-13(19)11-8-21-7-6-18(11)14(20)12-9(15)4-3-5-10(12)16/h3-5,11H,2,6-8,16H2,1H3,(H,17,19). The van der Waals surface area contributed by atoms with Gasteiger partial charge >= 0.3 is 0 Å². The number of nitrogen functional groups attached to an aromatic ring is 1. The fraction of sp³-hybridized carbons (Fsp3) is 0.429. The molecule has 0 spiro atoms. The molecule has 1 unspecified atom stereocenters. The van der Waals surface area contributed by atoms with Gasteiger partial charge in [0.2, 0.25) is 5.91 Å². The van der Waals surface area contributed by atoms with Crippen molar-refractivity contribution in [1.29, 1.82) is 0 Å². The number of nitrogens with one attached hydrogen (secondary N) is 1. The maximum absolute atomic E-state index is 12.7. The van der Waals surface area contributed by atoms with E-state index in [0.717, 1.165) is 0 Å². The molecule has 0 aromatic heterocycles. The third kappa shape index (κ3) is 3.28. The molecule has 1 aromatic carbocycles. The van der Waals surface area contributed by atoms with Crippen molar-refractivity contribution in [2.45, 2.75) is 13.0 Å². The van der Waals surface area contributed by atoms with E-state index in [9.17, 15) is 9.59 Å². The first-order valence-electron chi connectivity index (χ1n) is 6.76. The van der Waals surface area contributed by atoms with Crippen LogP contribution in [-0.4, -0.2) is 49.1 Å². The lowest BCUT2D eigenvalue weighted by atomic mass is 10.1. The van der Waals surface area contributed by atoms with Crippen molar-refractivity contribution in [1.82, 2.24) is 10.2 Å². The molecular weight excluding hydrogens is 294 g/mol. The van der Waals surface area contributed by atoms with E-state index in [1.165, 1.54) is 4.90 Å². The second kappa shape index (κ2) is 6.78. The molecule has 2 rings (SSSR count). The molecular formula is C14H18ClN3O3. The Balaban J connectivity index is 2.29. The Kier molecular flexibility index (Phi) is 5.03. The van der Waals surface area contributed by atoms with E-state index in [1.807, 2.05) is 6.92 Å². The van der Waals surface area contributed by atoms with Crippen LogP contribution < -0.4 is 11.1 Å². The number of amides is 2. The normalized spacial score (nSPS) is 18.4. The minimum absolute atomic E-state index is 0.169. The lowest BCUT2D eigenvalue weighted by Gasteiger charge is -2.34.